The Morgan fingerprint density at radius 3 is 2.68 bits per heavy atom. The first-order valence-corrected chi connectivity index (χ1v) is 7.04. The maximum Gasteiger partial charge on any atom is 0.231 e. The topological polar surface area (TPSA) is 32.3 Å². The molecule has 1 fully saturated rings. The summed E-state index contributed by atoms with van der Waals surface area (Å²) < 4.78 is 0. The third-order valence-electron chi connectivity index (χ3n) is 3.96. The number of piperidine rings is 1. The van der Waals surface area contributed by atoms with E-state index in [2.05, 4.69) is 38.2 Å². The minimum Gasteiger partial charge on any atom is -0.316 e. The van der Waals surface area contributed by atoms with Crippen LogP contribution in [0, 0.1) is 25.7 Å². The lowest BCUT2D eigenvalue weighted by molar-refractivity contribution is -0.123. The number of hydrogen-bond donors (Lipinski definition) is 1. The zero-order valence-corrected chi connectivity index (χ0v) is 12.4. The van der Waals surface area contributed by atoms with Crippen molar-refractivity contribution in [3.63, 3.8) is 0 Å². The molecule has 2 rings (SSSR count). The van der Waals surface area contributed by atoms with Crippen molar-refractivity contribution >= 4 is 11.6 Å². The van der Waals surface area contributed by atoms with Crippen LogP contribution in [0.2, 0.25) is 0 Å². The van der Waals surface area contributed by atoms with Crippen molar-refractivity contribution in [1.82, 2.24) is 5.32 Å². The molecule has 0 bridgehead atoms. The average molecular weight is 260 g/mol. The lowest BCUT2D eigenvalue weighted by atomic mass is 9.90. The van der Waals surface area contributed by atoms with E-state index >= 15 is 0 Å². The minimum atomic E-state index is 0.106. The SMILES string of the molecule is Cc1ccc(N(C)C(=O)C2CNCC(C)C2)c(C)c1. The van der Waals surface area contributed by atoms with Gasteiger partial charge in [0.25, 0.3) is 0 Å². The highest BCUT2D eigenvalue weighted by atomic mass is 16.2. The fourth-order valence-electron chi connectivity index (χ4n) is 2.92. The van der Waals surface area contributed by atoms with Crippen LogP contribution in [0.5, 0.6) is 0 Å². The summed E-state index contributed by atoms with van der Waals surface area (Å²) in [5, 5.41) is 3.35. The van der Waals surface area contributed by atoms with Crippen LogP contribution in [-0.2, 0) is 4.79 Å². The van der Waals surface area contributed by atoms with E-state index in [4.69, 9.17) is 0 Å². The fourth-order valence-corrected chi connectivity index (χ4v) is 2.92. The van der Waals surface area contributed by atoms with Crippen LogP contribution in [0.1, 0.15) is 24.5 Å². The molecule has 1 aromatic rings. The van der Waals surface area contributed by atoms with Crippen molar-refractivity contribution in [3.8, 4) is 0 Å². The molecular weight excluding hydrogens is 236 g/mol. The molecule has 0 radical (unpaired) electrons. The second-order valence-corrected chi connectivity index (χ2v) is 5.88. The van der Waals surface area contributed by atoms with Crippen LogP contribution >= 0.6 is 0 Å². The highest BCUT2D eigenvalue weighted by Gasteiger charge is 2.28. The Balaban J connectivity index is 2.14. The molecular formula is C16H24N2O. The molecule has 19 heavy (non-hydrogen) atoms. The van der Waals surface area contributed by atoms with Gasteiger partial charge in [-0.05, 0) is 44.4 Å². The van der Waals surface area contributed by atoms with Crippen molar-refractivity contribution in [2.75, 3.05) is 25.0 Å². The third-order valence-corrected chi connectivity index (χ3v) is 3.96. The predicted octanol–water partition coefficient (Wildman–Crippen LogP) is 2.51. The smallest absolute Gasteiger partial charge is 0.231 e. The average Bonchev–Trinajstić information content (AvgIpc) is 2.37. The normalized spacial score (nSPS) is 23.2. The van der Waals surface area contributed by atoms with Crippen molar-refractivity contribution in [2.45, 2.75) is 27.2 Å². The van der Waals surface area contributed by atoms with E-state index in [9.17, 15) is 4.79 Å². The molecule has 3 nitrogen and oxygen atoms in total. The summed E-state index contributed by atoms with van der Waals surface area (Å²) in [4.78, 5) is 14.4. The van der Waals surface area contributed by atoms with E-state index in [1.807, 2.05) is 18.0 Å². The summed E-state index contributed by atoms with van der Waals surface area (Å²) in [5.74, 6) is 0.913. The lowest BCUT2D eigenvalue weighted by Crippen LogP contribution is -2.44. The molecule has 0 aromatic heterocycles. The van der Waals surface area contributed by atoms with E-state index in [0.29, 0.717) is 5.92 Å². The molecule has 0 spiro atoms. The third kappa shape index (κ3) is 3.16. The van der Waals surface area contributed by atoms with Gasteiger partial charge in [-0.1, -0.05) is 24.6 Å². The molecule has 1 aliphatic rings. The lowest BCUT2D eigenvalue weighted by Gasteiger charge is -2.30. The van der Waals surface area contributed by atoms with Gasteiger partial charge in [-0.15, -0.1) is 0 Å². The number of nitrogens with zero attached hydrogens (tertiary/aromatic N) is 1. The summed E-state index contributed by atoms with van der Waals surface area (Å²) in [7, 11) is 1.89. The monoisotopic (exact) mass is 260 g/mol. The van der Waals surface area contributed by atoms with Crippen LogP contribution in [0.4, 0.5) is 5.69 Å². The number of hydrogen-bond acceptors (Lipinski definition) is 2. The number of benzene rings is 1. The summed E-state index contributed by atoms with van der Waals surface area (Å²) in [6.07, 6.45) is 0.987. The molecule has 0 aliphatic carbocycles. The maximum atomic E-state index is 12.6. The maximum absolute atomic E-state index is 12.6. The summed E-state index contributed by atoms with van der Waals surface area (Å²) in [6.45, 7) is 8.16. The van der Waals surface area contributed by atoms with Gasteiger partial charge in [0, 0.05) is 19.3 Å². The largest absolute Gasteiger partial charge is 0.316 e. The van der Waals surface area contributed by atoms with Crippen molar-refractivity contribution < 1.29 is 4.79 Å². The quantitative estimate of drug-likeness (QED) is 0.886. The number of aryl methyl sites for hydroxylation is 2. The number of carbonyl (C=O) groups excluding carboxylic acids is 1. The highest BCUT2D eigenvalue weighted by molar-refractivity contribution is 5.95. The molecule has 104 valence electrons. The molecule has 3 heteroatoms. The first-order valence-electron chi connectivity index (χ1n) is 7.04. The fraction of sp³-hybridized carbons (Fsp3) is 0.562. The van der Waals surface area contributed by atoms with Gasteiger partial charge in [0.15, 0.2) is 0 Å². The zero-order valence-electron chi connectivity index (χ0n) is 12.4. The predicted molar refractivity (Wildman–Crippen MR) is 79.5 cm³/mol. The van der Waals surface area contributed by atoms with Gasteiger partial charge >= 0.3 is 0 Å². The van der Waals surface area contributed by atoms with Gasteiger partial charge in [-0.3, -0.25) is 4.79 Å². The van der Waals surface area contributed by atoms with E-state index in [-0.39, 0.29) is 11.8 Å². The molecule has 1 N–H and O–H groups in total. The Morgan fingerprint density at radius 2 is 2.05 bits per heavy atom. The molecule has 0 saturated carbocycles. The number of anilines is 1. The van der Waals surface area contributed by atoms with Crippen LogP contribution in [0.25, 0.3) is 0 Å². The molecule has 1 aliphatic heterocycles. The van der Waals surface area contributed by atoms with Crippen molar-refractivity contribution in [2.24, 2.45) is 11.8 Å². The molecule has 2 unspecified atom stereocenters. The zero-order chi connectivity index (χ0) is 14.0. The van der Waals surface area contributed by atoms with Gasteiger partial charge in [0.2, 0.25) is 5.91 Å². The Kier molecular flexibility index (Phi) is 4.25. The second kappa shape index (κ2) is 5.74. The highest BCUT2D eigenvalue weighted by Crippen LogP contribution is 2.24. The molecule has 2 atom stereocenters. The van der Waals surface area contributed by atoms with Gasteiger partial charge in [0.1, 0.15) is 0 Å². The first kappa shape index (κ1) is 14.1. The van der Waals surface area contributed by atoms with E-state index in [0.717, 1.165) is 30.8 Å². The van der Waals surface area contributed by atoms with Gasteiger partial charge in [-0.2, -0.15) is 0 Å². The number of nitrogens with one attached hydrogen (secondary N) is 1. The number of amides is 1. The van der Waals surface area contributed by atoms with Crippen LogP contribution in [0.15, 0.2) is 18.2 Å². The Morgan fingerprint density at radius 1 is 1.32 bits per heavy atom. The number of carbonyl (C=O) groups is 1. The minimum absolute atomic E-state index is 0.106. The first-order chi connectivity index (χ1) is 8.99. The van der Waals surface area contributed by atoms with E-state index in [1.54, 1.807) is 0 Å². The molecule has 1 aromatic carbocycles. The molecule has 1 amide bonds. The van der Waals surface area contributed by atoms with Crippen molar-refractivity contribution in [3.05, 3.63) is 29.3 Å². The Labute approximate surface area is 116 Å². The van der Waals surface area contributed by atoms with E-state index < -0.39 is 0 Å². The van der Waals surface area contributed by atoms with E-state index in [1.165, 1.54) is 5.56 Å². The van der Waals surface area contributed by atoms with Crippen LogP contribution < -0.4 is 10.2 Å². The Hall–Kier alpha value is -1.35. The summed E-state index contributed by atoms with van der Waals surface area (Å²) >= 11 is 0. The molecule has 1 saturated heterocycles. The van der Waals surface area contributed by atoms with Gasteiger partial charge < -0.3 is 10.2 Å². The van der Waals surface area contributed by atoms with Crippen LogP contribution in [0.3, 0.4) is 0 Å². The summed E-state index contributed by atoms with van der Waals surface area (Å²) in [5.41, 5.74) is 3.41. The van der Waals surface area contributed by atoms with Crippen LogP contribution in [-0.4, -0.2) is 26.0 Å². The Bertz CT molecular complexity index is 470. The molecule has 1 heterocycles. The standard InChI is InChI=1S/C16H24N2O/c1-11-5-6-15(13(3)7-11)18(4)16(19)14-8-12(2)9-17-10-14/h5-7,12,14,17H,8-10H2,1-4H3. The second-order valence-electron chi connectivity index (χ2n) is 5.88. The van der Waals surface area contributed by atoms with Gasteiger partial charge in [0.05, 0.1) is 5.92 Å². The summed E-state index contributed by atoms with van der Waals surface area (Å²) in [6, 6.07) is 6.23. The number of rotatable bonds is 2. The van der Waals surface area contributed by atoms with Gasteiger partial charge in [-0.25, -0.2) is 0 Å². The van der Waals surface area contributed by atoms with Crippen molar-refractivity contribution in [1.29, 1.82) is 0 Å².